The van der Waals surface area contributed by atoms with E-state index in [1.165, 1.54) is 18.2 Å². The molecule has 0 fully saturated rings. The topological polar surface area (TPSA) is 40.5 Å². The number of halogens is 2. The molecule has 0 saturated carbocycles. The third-order valence-electron chi connectivity index (χ3n) is 3.14. The number of amides is 1. The molecule has 0 aromatic heterocycles. The molecule has 0 aliphatic rings. The van der Waals surface area contributed by atoms with Crippen LogP contribution in [0.2, 0.25) is 0 Å². The average Bonchev–Trinajstić information content (AvgIpc) is 2.41. The van der Waals surface area contributed by atoms with E-state index in [0.29, 0.717) is 10.0 Å². The van der Waals surface area contributed by atoms with Crippen LogP contribution in [0.4, 0.5) is 4.39 Å². The van der Waals surface area contributed by atoms with Crippen LogP contribution in [0.25, 0.3) is 0 Å². The molecule has 0 radical (unpaired) electrons. The molecule has 1 N–H and O–H groups in total. The van der Waals surface area contributed by atoms with Gasteiger partial charge >= 0.3 is 0 Å². The van der Waals surface area contributed by atoms with Crippen molar-refractivity contribution < 1.29 is 14.3 Å². The summed E-state index contributed by atoms with van der Waals surface area (Å²) in [6.07, 6.45) is 1.60. The lowest BCUT2D eigenvalue weighted by Gasteiger charge is -2.30. The lowest BCUT2D eigenvalue weighted by molar-refractivity contribution is 0.0621. The minimum absolute atomic E-state index is 0.0508. The lowest BCUT2D eigenvalue weighted by atomic mass is 10.1. The molecule has 0 bridgehead atoms. The lowest BCUT2D eigenvalue weighted by Crippen LogP contribution is -2.41. The molecule has 0 saturated heterocycles. The van der Waals surface area contributed by atoms with Gasteiger partial charge in [-0.15, -0.1) is 0 Å². The molecule has 0 aliphatic carbocycles. The van der Waals surface area contributed by atoms with Crippen LogP contribution < -0.4 is 0 Å². The van der Waals surface area contributed by atoms with Crippen LogP contribution in [-0.4, -0.2) is 35.1 Å². The fourth-order valence-electron chi connectivity index (χ4n) is 2.10. The van der Waals surface area contributed by atoms with E-state index < -0.39 is 5.82 Å². The molecule has 1 aromatic carbocycles. The van der Waals surface area contributed by atoms with Crippen molar-refractivity contribution in [1.82, 2.24) is 4.90 Å². The average molecular weight is 332 g/mol. The quantitative estimate of drug-likeness (QED) is 0.869. The van der Waals surface area contributed by atoms with Crippen LogP contribution in [-0.2, 0) is 0 Å². The molecule has 0 spiro atoms. The number of rotatable bonds is 6. The highest BCUT2D eigenvalue weighted by Gasteiger charge is 2.23. The summed E-state index contributed by atoms with van der Waals surface area (Å²) >= 11 is 3.27. The number of benzene rings is 1. The van der Waals surface area contributed by atoms with E-state index in [-0.39, 0.29) is 25.1 Å². The van der Waals surface area contributed by atoms with Crippen molar-refractivity contribution >= 4 is 21.8 Å². The summed E-state index contributed by atoms with van der Waals surface area (Å²) in [6, 6.07) is 4.09. The number of carbonyl (C=O) groups excluding carboxylic acids is 1. The van der Waals surface area contributed by atoms with Crippen LogP contribution in [0.3, 0.4) is 0 Å². The molecule has 0 atom stereocenters. The summed E-state index contributed by atoms with van der Waals surface area (Å²) in [7, 11) is 0. The molecular weight excluding hydrogens is 313 g/mol. The van der Waals surface area contributed by atoms with Gasteiger partial charge in [-0.1, -0.05) is 13.8 Å². The number of nitrogens with zero attached hydrogens (tertiary/aromatic N) is 1. The van der Waals surface area contributed by atoms with Crippen molar-refractivity contribution in [3.05, 3.63) is 34.1 Å². The number of carbonyl (C=O) groups is 1. The zero-order chi connectivity index (χ0) is 14.4. The van der Waals surface area contributed by atoms with E-state index in [1.54, 1.807) is 4.90 Å². The van der Waals surface area contributed by atoms with Gasteiger partial charge in [0.25, 0.3) is 5.91 Å². The summed E-state index contributed by atoms with van der Waals surface area (Å²) in [6.45, 7) is 4.14. The standard InChI is InChI=1S/C14H19BrFNO2/c1-3-11(4-2)17(7-8-18)14(19)12-9-10(16)5-6-13(12)15/h5-6,9,11,18H,3-4,7-8H2,1-2H3. The summed E-state index contributed by atoms with van der Waals surface area (Å²) in [4.78, 5) is 14.1. The molecule has 3 nitrogen and oxygen atoms in total. The molecule has 1 aromatic rings. The third kappa shape index (κ3) is 4.01. The number of hydrogen-bond acceptors (Lipinski definition) is 2. The zero-order valence-electron chi connectivity index (χ0n) is 11.2. The van der Waals surface area contributed by atoms with Crippen molar-refractivity contribution in [1.29, 1.82) is 0 Å². The maximum atomic E-state index is 13.3. The molecule has 1 amide bonds. The SMILES string of the molecule is CCC(CC)N(CCO)C(=O)c1cc(F)ccc1Br. The first-order chi connectivity index (χ1) is 9.04. The highest BCUT2D eigenvalue weighted by atomic mass is 79.9. The highest BCUT2D eigenvalue weighted by Crippen LogP contribution is 2.21. The van der Waals surface area contributed by atoms with E-state index in [0.717, 1.165) is 12.8 Å². The Morgan fingerprint density at radius 3 is 2.58 bits per heavy atom. The summed E-state index contributed by atoms with van der Waals surface area (Å²) < 4.78 is 13.8. The largest absolute Gasteiger partial charge is 0.395 e. The van der Waals surface area contributed by atoms with E-state index >= 15 is 0 Å². The Hall–Kier alpha value is -0.940. The van der Waals surface area contributed by atoms with Crippen molar-refractivity contribution in [2.45, 2.75) is 32.7 Å². The molecule has 19 heavy (non-hydrogen) atoms. The van der Waals surface area contributed by atoms with E-state index in [4.69, 9.17) is 5.11 Å². The van der Waals surface area contributed by atoms with E-state index in [9.17, 15) is 9.18 Å². The molecular formula is C14H19BrFNO2. The predicted octanol–water partition coefficient (Wildman–Crippen LogP) is 3.21. The Morgan fingerprint density at radius 2 is 2.05 bits per heavy atom. The monoisotopic (exact) mass is 331 g/mol. The normalized spacial score (nSPS) is 10.8. The Bertz CT molecular complexity index is 435. The van der Waals surface area contributed by atoms with Gasteiger partial charge in [0.2, 0.25) is 0 Å². The molecule has 0 aliphatic heterocycles. The predicted molar refractivity (Wildman–Crippen MR) is 76.6 cm³/mol. The van der Waals surface area contributed by atoms with Gasteiger partial charge in [-0.25, -0.2) is 4.39 Å². The van der Waals surface area contributed by atoms with E-state index in [2.05, 4.69) is 15.9 Å². The third-order valence-corrected chi connectivity index (χ3v) is 3.84. The van der Waals surface area contributed by atoms with Crippen LogP contribution >= 0.6 is 15.9 Å². The second-order valence-electron chi connectivity index (χ2n) is 4.32. The Labute approximate surface area is 121 Å². The minimum atomic E-state index is -0.444. The van der Waals surface area contributed by atoms with E-state index in [1.807, 2.05) is 13.8 Å². The summed E-state index contributed by atoms with van der Waals surface area (Å²) in [5.41, 5.74) is 0.292. The summed E-state index contributed by atoms with van der Waals surface area (Å²) in [5.74, 6) is -0.700. The van der Waals surface area contributed by atoms with Crippen molar-refractivity contribution in [2.24, 2.45) is 0 Å². The van der Waals surface area contributed by atoms with Crippen molar-refractivity contribution in [3.63, 3.8) is 0 Å². The Balaban J connectivity index is 3.08. The highest BCUT2D eigenvalue weighted by molar-refractivity contribution is 9.10. The minimum Gasteiger partial charge on any atom is -0.395 e. The van der Waals surface area contributed by atoms with Gasteiger partial charge in [0.05, 0.1) is 12.2 Å². The zero-order valence-corrected chi connectivity index (χ0v) is 12.8. The second-order valence-corrected chi connectivity index (χ2v) is 5.17. The van der Waals surface area contributed by atoms with Gasteiger partial charge in [-0.05, 0) is 47.0 Å². The second kappa shape index (κ2) is 7.60. The number of aliphatic hydroxyl groups is 1. The molecule has 0 heterocycles. The van der Waals surface area contributed by atoms with Gasteiger partial charge < -0.3 is 10.0 Å². The smallest absolute Gasteiger partial charge is 0.255 e. The molecule has 0 unspecified atom stereocenters. The maximum Gasteiger partial charge on any atom is 0.255 e. The van der Waals surface area contributed by atoms with Crippen LogP contribution in [0.5, 0.6) is 0 Å². The first-order valence-corrected chi connectivity index (χ1v) is 7.21. The molecule has 106 valence electrons. The van der Waals surface area contributed by atoms with Gasteiger partial charge in [-0.3, -0.25) is 4.79 Å². The fourth-order valence-corrected chi connectivity index (χ4v) is 2.52. The van der Waals surface area contributed by atoms with Gasteiger partial charge in [0.1, 0.15) is 5.82 Å². The maximum absolute atomic E-state index is 13.3. The Morgan fingerprint density at radius 1 is 1.42 bits per heavy atom. The van der Waals surface area contributed by atoms with Crippen molar-refractivity contribution in [2.75, 3.05) is 13.2 Å². The Kier molecular flexibility index (Phi) is 6.45. The summed E-state index contributed by atoms with van der Waals surface area (Å²) in [5, 5.41) is 9.12. The first kappa shape index (κ1) is 16.1. The fraction of sp³-hybridized carbons (Fsp3) is 0.500. The van der Waals surface area contributed by atoms with Gasteiger partial charge in [0.15, 0.2) is 0 Å². The van der Waals surface area contributed by atoms with Crippen LogP contribution in [0, 0.1) is 5.82 Å². The number of aliphatic hydroxyl groups excluding tert-OH is 1. The van der Waals surface area contributed by atoms with Gasteiger partial charge in [0, 0.05) is 17.1 Å². The molecule has 5 heteroatoms. The first-order valence-electron chi connectivity index (χ1n) is 6.42. The van der Waals surface area contributed by atoms with Crippen molar-refractivity contribution in [3.8, 4) is 0 Å². The van der Waals surface area contributed by atoms with Gasteiger partial charge in [-0.2, -0.15) is 0 Å². The number of hydrogen-bond donors (Lipinski definition) is 1. The van der Waals surface area contributed by atoms with Crippen LogP contribution in [0.15, 0.2) is 22.7 Å². The van der Waals surface area contributed by atoms with Crippen LogP contribution in [0.1, 0.15) is 37.0 Å². The molecule has 1 rings (SSSR count).